The number of hydrogen-bond donors (Lipinski definition) is 1. The van der Waals surface area contributed by atoms with Gasteiger partial charge in [0.15, 0.2) is 0 Å². The molecule has 0 aromatic carbocycles. The number of ether oxygens (including phenoxy) is 2. The minimum absolute atomic E-state index is 0.183. The van der Waals surface area contributed by atoms with E-state index in [0.717, 1.165) is 25.7 Å². The van der Waals surface area contributed by atoms with Gasteiger partial charge in [0.1, 0.15) is 6.61 Å². The molecule has 21 heavy (non-hydrogen) atoms. The van der Waals surface area contributed by atoms with E-state index in [1.165, 1.54) is 0 Å². The smallest absolute Gasteiger partial charge is 0.348 e. The predicted octanol–water partition coefficient (Wildman–Crippen LogP) is 2.69. The summed E-state index contributed by atoms with van der Waals surface area (Å²) in [6, 6.07) is 0. The first-order chi connectivity index (χ1) is 10.0. The summed E-state index contributed by atoms with van der Waals surface area (Å²) in [4.78, 5) is 33.8. The van der Waals surface area contributed by atoms with Gasteiger partial charge < -0.3 is 14.6 Å². The number of hydrogen-bond acceptors (Lipinski definition) is 5. The summed E-state index contributed by atoms with van der Waals surface area (Å²) in [5.74, 6) is -2.34. The van der Waals surface area contributed by atoms with Crippen molar-refractivity contribution in [3.8, 4) is 0 Å². The van der Waals surface area contributed by atoms with E-state index in [1.54, 1.807) is 0 Å². The van der Waals surface area contributed by atoms with Crippen LogP contribution < -0.4 is 0 Å². The van der Waals surface area contributed by atoms with Gasteiger partial charge in [0.2, 0.25) is 6.10 Å². The third-order valence-corrected chi connectivity index (χ3v) is 2.91. The molecule has 1 atom stereocenters. The van der Waals surface area contributed by atoms with E-state index in [2.05, 4.69) is 0 Å². The van der Waals surface area contributed by atoms with E-state index in [9.17, 15) is 14.4 Å². The van der Waals surface area contributed by atoms with E-state index in [4.69, 9.17) is 14.6 Å². The lowest BCUT2D eigenvalue weighted by molar-refractivity contribution is -0.171. The Balaban J connectivity index is 4.04. The Labute approximate surface area is 125 Å². The first kappa shape index (κ1) is 19.4. The number of aliphatic carboxylic acids is 1. The van der Waals surface area contributed by atoms with Crippen LogP contribution in [0.3, 0.4) is 0 Å². The monoisotopic (exact) mass is 302 g/mol. The molecule has 0 amide bonds. The molecule has 0 heterocycles. The second-order valence-electron chi connectivity index (χ2n) is 4.91. The lowest BCUT2D eigenvalue weighted by Crippen LogP contribution is -2.32. The number of esters is 2. The minimum Gasteiger partial charge on any atom is -0.478 e. The molecule has 0 saturated heterocycles. The zero-order valence-corrected chi connectivity index (χ0v) is 12.9. The SMILES string of the molecule is CCCCCC(=O)OC[C@@H](OC(=O)CCCCC)C(=O)O. The fraction of sp³-hybridized carbons (Fsp3) is 0.800. The summed E-state index contributed by atoms with van der Waals surface area (Å²) in [5, 5.41) is 8.95. The molecular formula is C15H26O6. The quantitative estimate of drug-likeness (QED) is 0.440. The maximum absolute atomic E-state index is 11.5. The highest BCUT2D eigenvalue weighted by Crippen LogP contribution is 2.05. The van der Waals surface area contributed by atoms with Crippen molar-refractivity contribution in [1.29, 1.82) is 0 Å². The zero-order valence-electron chi connectivity index (χ0n) is 12.9. The van der Waals surface area contributed by atoms with Gasteiger partial charge in [0.05, 0.1) is 0 Å². The second kappa shape index (κ2) is 12.2. The van der Waals surface area contributed by atoms with E-state index in [0.29, 0.717) is 12.8 Å². The number of carboxylic acid groups (broad SMARTS) is 1. The molecule has 6 nitrogen and oxygen atoms in total. The average molecular weight is 302 g/mol. The van der Waals surface area contributed by atoms with Crippen molar-refractivity contribution in [3.63, 3.8) is 0 Å². The van der Waals surface area contributed by atoms with Crippen LogP contribution in [0.4, 0.5) is 0 Å². The van der Waals surface area contributed by atoms with Gasteiger partial charge in [0, 0.05) is 12.8 Å². The topological polar surface area (TPSA) is 89.9 Å². The summed E-state index contributed by atoms with van der Waals surface area (Å²) in [5.41, 5.74) is 0. The summed E-state index contributed by atoms with van der Waals surface area (Å²) in [7, 11) is 0. The van der Waals surface area contributed by atoms with E-state index < -0.39 is 30.6 Å². The maximum Gasteiger partial charge on any atom is 0.348 e. The molecule has 0 unspecified atom stereocenters. The highest BCUT2D eigenvalue weighted by molar-refractivity contribution is 5.78. The van der Waals surface area contributed by atoms with Gasteiger partial charge in [-0.2, -0.15) is 0 Å². The molecule has 6 heteroatoms. The largest absolute Gasteiger partial charge is 0.478 e. The van der Waals surface area contributed by atoms with Crippen LogP contribution in [0, 0.1) is 0 Å². The van der Waals surface area contributed by atoms with Gasteiger partial charge in [-0.15, -0.1) is 0 Å². The molecule has 0 bridgehead atoms. The average Bonchev–Trinajstić information content (AvgIpc) is 2.43. The number of unbranched alkanes of at least 4 members (excludes halogenated alkanes) is 4. The van der Waals surface area contributed by atoms with E-state index in [1.807, 2.05) is 13.8 Å². The number of rotatable bonds is 12. The molecule has 0 spiro atoms. The molecular weight excluding hydrogens is 276 g/mol. The summed E-state index contributed by atoms with van der Waals surface area (Å²) in [6.45, 7) is 3.59. The normalized spacial score (nSPS) is 11.7. The van der Waals surface area contributed by atoms with Gasteiger partial charge in [-0.3, -0.25) is 9.59 Å². The van der Waals surface area contributed by atoms with Crippen molar-refractivity contribution in [2.24, 2.45) is 0 Å². The Morgan fingerprint density at radius 3 is 1.90 bits per heavy atom. The molecule has 0 fully saturated rings. The van der Waals surface area contributed by atoms with Crippen LogP contribution in [0.5, 0.6) is 0 Å². The second-order valence-corrected chi connectivity index (χ2v) is 4.91. The summed E-state index contributed by atoms with van der Waals surface area (Å²) in [6.07, 6.45) is 4.15. The third kappa shape index (κ3) is 10.8. The Kier molecular flexibility index (Phi) is 11.3. The molecule has 0 aliphatic heterocycles. The molecule has 122 valence electrons. The van der Waals surface area contributed by atoms with Crippen LogP contribution in [-0.4, -0.2) is 35.7 Å². The number of carboxylic acids is 1. The summed E-state index contributed by atoms with van der Waals surface area (Å²) < 4.78 is 9.66. The van der Waals surface area contributed by atoms with Crippen LogP contribution in [0.2, 0.25) is 0 Å². The lowest BCUT2D eigenvalue weighted by Gasteiger charge is -2.14. The van der Waals surface area contributed by atoms with Gasteiger partial charge in [0.25, 0.3) is 0 Å². The number of carbonyl (C=O) groups is 3. The highest BCUT2D eigenvalue weighted by atomic mass is 16.6. The predicted molar refractivity (Wildman–Crippen MR) is 76.8 cm³/mol. The standard InChI is InChI=1S/C15H26O6/c1-3-5-7-9-13(16)20-11-12(15(18)19)21-14(17)10-8-6-4-2/h12H,3-11H2,1-2H3,(H,18,19)/t12-/m1/s1. The van der Waals surface area contributed by atoms with E-state index >= 15 is 0 Å². The van der Waals surface area contributed by atoms with Crippen molar-refractivity contribution in [2.75, 3.05) is 6.61 Å². The molecule has 1 N–H and O–H groups in total. The van der Waals surface area contributed by atoms with Crippen LogP contribution in [0.1, 0.15) is 65.2 Å². The Hall–Kier alpha value is -1.59. The minimum atomic E-state index is -1.42. The Bertz CT molecular complexity index is 326. The van der Waals surface area contributed by atoms with Crippen molar-refractivity contribution >= 4 is 17.9 Å². The van der Waals surface area contributed by atoms with E-state index in [-0.39, 0.29) is 12.8 Å². The molecule has 0 aliphatic rings. The van der Waals surface area contributed by atoms with Crippen molar-refractivity contribution in [3.05, 3.63) is 0 Å². The third-order valence-electron chi connectivity index (χ3n) is 2.91. The van der Waals surface area contributed by atoms with Crippen LogP contribution in [0.25, 0.3) is 0 Å². The van der Waals surface area contributed by atoms with Crippen LogP contribution >= 0.6 is 0 Å². The molecule has 0 aromatic rings. The lowest BCUT2D eigenvalue weighted by atomic mass is 10.2. The van der Waals surface area contributed by atoms with Crippen LogP contribution in [-0.2, 0) is 23.9 Å². The maximum atomic E-state index is 11.5. The van der Waals surface area contributed by atoms with Crippen molar-refractivity contribution in [1.82, 2.24) is 0 Å². The first-order valence-electron chi connectivity index (χ1n) is 7.59. The van der Waals surface area contributed by atoms with Gasteiger partial charge in [-0.25, -0.2) is 4.79 Å². The van der Waals surface area contributed by atoms with Crippen LogP contribution in [0.15, 0.2) is 0 Å². The van der Waals surface area contributed by atoms with Gasteiger partial charge >= 0.3 is 17.9 Å². The fourth-order valence-corrected chi connectivity index (χ4v) is 1.65. The highest BCUT2D eigenvalue weighted by Gasteiger charge is 2.23. The number of carbonyl (C=O) groups excluding carboxylic acids is 2. The van der Waals surface area contributed by atoms with Crippen molar-refractivity contribution in [2.45, 2.75) is 71.3 Å². The molecule has 0 aliphatic carbocycles. The molecule has 0 saturated carbocycles. The fourth-order valence-electron chi connectivity index (χ4n) is 1.65. The molecule has 0 aromatic heterocycles. The first-order valence-corrected chi connectivity index (χ1v) is 7.59. The van der Waals surface area contributed by atoms with Crippen molar-refractivity contribution < 1.29 is 29.0 Å². The molecule has 0 rings (SSSR count). The molecule has 0 radical (unpaired) electrons. The zero-order chi connectivity index (χ0) is 16.1. The Morgan fingerprint density at radius 2 is 1.43 bits per heavy atom. The van der Waals surface area contributed by atoms with Gasteiger partial charge in [-0.05, 0) is 12.8 Å². The van der Waals surface area contributed by atoms with Gasteiger partial charge in [-0.1, -0.05) is 39.5 Å². The Morgan fingerprint density at radius 1 is 0.905 bits per heavy atom. The summed E-state index contributed by atoms with van der Waals surface area (Å²) >= 11 is 0.